The largest absolute Gasteiger partial charge is 0.455 e. The third-order valence-corrected chi connectivity index (χ3v) is 9.02. The van der Waals surface area contributed by atoms with Crippen molar-refractivity contribution in [2.24, 2.45) is 0 Å². The lowest BCUT2D eigenvalue weighted by Crippen LogP contribution is -2.25. The van der Waals surface area contributed by atoms with Gasteiger partial charge >= 0.3 is 0 Å². The number of anilines is 1. The quantitative estimate of drug-likeness (QED) is 0.196. The molecule has 9 nitrogen and oxygen atoms in total. The first-order valence-corrected chi connectivity index (χ1v) is 15.8. The summed E-state index contributed by atoms with van der Waals surface area (Å²) < 4.78 is 46.7. The van der Waals surface area contributed by atoms with Crippen molar-refractivity contribution in [3.63, 3.8) is 0 Å². The van der Waals surface area contributed by atoms with Crippen molar-refractivity contribution in [3.05, 3.63) is 102 Å². The molecule has 6 aromatic rings. The predicted octanol–water partition coefficient (Wildman–Crippen LogP) is 6.17. The summed E-state index contributed by atoms with van der Waals surface area (Å²) in [5.41, 5.74) is 5.00. The van der Waals surface area contributed by atoms with Gasteiger partial charge in [0.2, 0.25) is 10.0 Å². The highest BCUT2D eigenvalue weighted by Gasteiger charge is 2.26. The number of carbonyl (C=O) groups is 2. The summed E-state index contributed by atoms with van der Waals surface area (Å²) in [6.45, 7) is 0. The van der Waals surface area contributed by atoms with E-state index in [4.69, 9.17) is 4.42 Å². The van der Waals surface area contributed by atoms with Crippen molar-refractivity contribution in [2.75, 3.05) is 31.7 Å². The number of fused-ring (bicyclic) bond motifs is 2. The fraction of sp³-hybridized carbons (Fsp3) is 0.118. The molecule has 0 unspecified atom stereocenters. The standard InChI is InChI=1S/C34H29FN4O5S/c1-36-33(40)29-23-10-5-6-11-26(23)38-31(29)21-9-7-8-20(16-21)24-17-25-28(18-27(24)39(3)45(4,42)43)44-32(30(25)34(41)37-2)19-12-14-22(35)15-13-19/h5-18,38H,1-4H3,(H,36,40)(H,37,41). The second kappa shape index (κ2) is 11.3. The van der Waals surface area contributed by atoms with Crippen LogP contribution in [0.3, 0.4) is 0 Å². The van der Waals surface area contributed by atoms with E-state index < -0.39 is 21.7 Å². The normalized spacial score (nSPS) is 11.6. The number of para-hydroxylation sites is 1. The number of H-pyrrole nitrogens is 1. The molecular weight excluding hydrogens is 595 g/mol. The summed E-state index contributed by atoms with van der Waals surface area (Å²) in [5, 5.41) is 6.57. The minimum atomic E-state index is -3.73. The van der Waals surface area contributed by atoms with Crippen molar-refractivity contribution in [2.45, 2.75) is 0 Å². The molecule has 2 aromatic heterocycles. The van der Waals surface area contributed by atoms with E-state index >= 15 is 0 Å². The van der Waals surface area contributed by atoms with Crippen LogP contribution < -0.4 is 14.9 Å². The van der Waals surface area contributed by atoms with E-state index in [0.717, 1.165) is 21.5 Å². The fourth-order valence-electron chi connectivity index (χ4n) is 5.52. The Labute approximate surface area is 258 Å². The van der Waals surface area contributed by atoms with E-state index in [1.54, 1.807) is 19.2 Å². The van der Waals surface area contributed by atoms with Crippen molar-refractivity contribution in [1.82, 2.24) is 15.6 Å². The molecule has 0 atom stereocenters. The van der Waals surface area contributed by atoms with E-state index in [9.17, 15) is 22.4 Å². The number of aromatic nitrogens is 1. The van der Waals surface area contributed by atoms with E-state index in [0.29, 0.717) is 44.6 Å². The Bertz CT molecular complexity index is 2240. The van der Waals surface area contributed by atoms with E-state index in [2.05, 4.69) is 15.6 Å². The molecule has 228 valence electrons. The molecule has 0 saturated carbocycles. The first-order valence-electron chi connectivity index (χ1n) is 14.0. The van der Waals surface area contributed by atoms with Crippen LogP contribution in [0.25, 0.3) is 55.6 Å². The number of nitrogens with zero attached hydrogens (tertiary/aromatic N) is 1. The number of carbonyl (C=O) groups excluding carboxylic acids is 2. The summed E-state index contributed by atoms with van der Waals surface area (Å²) in [6.07, 6.45) is 1.10. The lowest BCUT2D eigenvalue weighted by atomic mass is 9.96. The number of rotatable bonds is 7. The molecule has 11 heteroatoms. The lowest BCUT2D eigenvalue weighted by Gasteiger charge is -2.21. The topological polar surface area (TPSA) is 125 Å². The molecular formula is C34H29FN4O5S. The SMILES string of the molecule is CNC(=O)c1c(-c2cccc(-c3cc4c(C(=O)NC)c(-c5ccc(F)cc5)oc4cc3N(C)S(C)(=O)=O)c2)[nH]c2ccccc12. The zero-order valence-electron chi connectivity index (χ0n) is 24.9. The van der Waals surface area contributed by atoms with Gasteiger partial charge < -0.3 is 20.0 Å². The Morgan fingerprint density at radius 2 is 1.47 bits per heavy atom. The number of halogens is 1. The molecule has 0 fully saturated rings. The summed E-state index contributed by atoms with van der Waals surface area (Å²) in [7, 11) is 0.781. The highest BCUT2D eigenvalue weighted by atomic mass is 32.2. The van der Waals surface area contributed by atoms with Gasteiger partial charge in [0.05, 0.1) is 28.8 Å². The highest BCUT2D eigenvalue weighted by Crippen LogP contribution is 2.42. The Kier molecular flexibility index (Phi) is 7.41. The summed E-state index contributed by atoms with van der Waals surface area (Å²) in [4.78, 5) is 29.6. The van der Waals surface area contributed by atoms with Gasteiger partial charge in [0.25, 0.3) is 11.8 Å². The number of amides is 2. The highest BCUT2D eigenvalue weighted by molar-refractivity contribution is 7.92. The average Bonchev–Trinajstić information content (AvgIpc) is 3.62. The van der Waals surface area contributed by atoms with Crippen molar-refractivity contribution in [3.8, 4) is 33.7 Å². The number of hydrogen-bond acceptors (Lipinski definition) is 5. The van der Waals surface area contributed by atoms with E-state index in [1.165, 1.54) is 38.4 Å². The minimum absolute atomic E-state index is 0.219. The van der Waals surface area contributed by atoms with Gasteiger partial charge in [-0.2, -0.15) is 0 Å². The summed E-state index contributed by atoms with van der Waals surface area (Å²) in [5.74, 6) is -0.902. The van der Waals surface area contributed by atoms with Gasteiger partial charge in [-0.25, -0.2) is 12.8 Å². The Hall–Kier alpha value is -5.42. The van der Waals surface area contributed by atoms with Crippen LogP contribution in [-0.4, -0.2) is 52.6 Å². The van der Waals surface area contributed by atoms with Crippen LogP contribution in [0.4, 0.5) is 10.1 Å². The molecule has 2 amide bonds. The number of sulfonamides is 1. The van der Waals surface area contributed by atoms with E-state index in [1.807, 2.05) is 48.5 Å². The van der Waals surface area contributed by atoms with Crippen molar-refractivity contribution in [1.29, 1.82) is 0 Å². The van der Waals surface area contributed by atoms with Crippen LogP contribution >= 0.6 is 0 Å². The number of nitrogens with one attached hydrogen (secondary N) is 3. The third kappa shape index (κ3) is 5.21. The van der Waals surface area contributed by atoms with Crippen LogP contribution in [0.5, 0.6) is 0 Å². The maximum absolute atomic E-state index is 13.7. The zero-order chi connectivity index (χ0) is 32.0. The first-order chi connectivity index (χ1) is 21.5. The number of furan rings is 1. The van der Waals surface area contributed by atoms with Gasteiger partial charge in [-0.1, -0.05) is 36.4 Å². The number of aromatic amines is 1. The monoisotopic (exact) mass is 624 g/mol. The lowest BCUT2D eigenvalue weighted by molar-refractivity contribution is 0.0957. The molecule has 0 aliphatic rings. The second-order valence-corrected chi connectivity index (χ2v) is 12.6. The Balaban J connectivity index is 1.63. The molecule has 0 aliphatic heterocycles. The Morgan fingerprint density at radius 1 is 0.800 bits per heavy atom. The maximum atomic E-state index is 13.7. The predicted molar refractivity (Wildman–Crippen MR) is 174 cm³/mol. The molecule has 6 rings (SSSR count). The van der Waals surface area contributed by atoms with Gasteiger partial charge in [-0.3, -0.25) is 13.9 Å². The van der Waals surface area contributed by atoms with Crippen LogP contribution in [0.2, 0.25) is 0 Å². The van der Waals surface area contributed by atoms with Crippen LogP contribution in [0.15, 0.2) is 89.3 Å². The summed E-state index contributed by atoms with van der Waals surface area (Å²) >= 11 is 0. The molecule has 0 spiro atoms. The minimum Gasteiger partial charge on any atom is -0.455 e. The van der Waals surface area contributed by atoms with Gasteiger partial charge in [0.1, 0.15) is 17.2 Å². The average molecular weight is 625 g/mol. The van der Waals surface area contributed by atoms with Crippen LogP contribution in [0, 0.1) is 5.82 Å². The molecule has 45 heavy (non-hydrogen) atoms. The van der Waals surface area contributed by atoms with Crippen molar-refractivity contribution >= 4 is 49.4 Å². The zero-order valence-corrected chi connectivity index (χ0v) is 25.7. The van der Waals surface area contributed by atoms with Gasteiger partial charge in [-0.15, -0.1) is 0 Å². The molecule has 4 aromatic carbocycles. The molecule has 0 radical (unpaired) electrons. The van der Waals surface area contributed by atoms with Gasteiger partial charge in [0, 0.05) is 54.6 Å². The number of benzene rings is 4. The van der Waals surface area contributed by atoms with Crippen molar-refractivity contribution < 1.29 is 26.8 Å². The maximum Gasteiger partial charge on any atom is 0.255 e. The van der Waals surface area contributed by atoms with Gasteiger partial charge in [0.15, 0.2) is 0 Å². The van der Waals surface area contributed by atoms with Crippen LogP contribution in [-0.2, 0) is 10.0 Å². The summed E-state index contributed by atoms with van der Waals surface area (Å²) in [6, 6.07) is 23.7. The molecule has 0 saturated heterocycles. The van der Waals surface area contributed by atoms with Gasteiger partial charge in [-0.05, 0) is 53.6 Å². The third-order valence-electron chi connectivity index (χ3n) is 7.83. The Morgan fingerprint density at radius 3 is 2.16 bits per heavy atom. The first kappa shape index (κ1) is 29.6. The second-order valence-electron chi connectivity index (χ2n) is 10.6. The van der Waals surface area contributed by atoms with E-state index in [-0.39, 0.29) is 22.8 Å². The smallest absolute Gasteiger partial charge is 0.255 e. The number of hydrogen-bond donors (Lipinski definition) is 3. The molecule has 0 bridgehead atoms. The molecule has 2 heterocycles. The fourth-order valence-corrected chi connectivity index (χ4v) is 6.03. The molecule has 0 aliphatic carbocycles. The van der Waals surface area contributed by atoms with Crippen LogP contribution in [0.1, 0.15) is 20.7 Å². The molecule has 3 N–H and O–H groups in total.